The number of carbonyl (C=O) groups excluding carboxylic acids is 1. The third-order valence-electron chi connectivity index (χ3n) is 3.41. The molecule has 2 rings (SSSR count). The van der Waals surface area contributed by atoms with Gasteiger partial charge < -0.3 is 10.1 Å². The van der Waals surface area contributed by atoms with Crippen LogP contribution in [-0.2, 0) is 11.0 Å². The number of aryl methyl sites for hydroxylation is 1. The van der Waals surface area contributed by atoms with Crippen LogP contribution in [0, 0.1) is 6.92 Å². The first-order valence-corrected chi connectivity index (χ1v) is 7.51. The van der Waals surface area contributed by atoms with Gasteiger partial charge in [0.1, 0.15) is 5.75 Å². The molecule has 0 bridgehead atoms. The van der Waals surface area contributed by atoms with Gasteiger partial charge in [-0.1, -0.05) is 19.1 Å². The molecule has 0 aliphatic rings. The third-order valence-corrected chi connectivity index (χ3v) is 3.41. The molecule has 0 aromatic heterocycles. The van der Waals surface area contributed by atoms with E-state index >= 15 is 0 Å². The van der Waals surface area contributed by atoms with Crippen molar-refractivity contribution in [2.24, 2.45) is 0 Å². The quantitative estimate of drug-likeness (QED) is 0.850. The molecule has 0 heterocycles. The van der Waals surface area contributed by atoms with Crippen LogP contribution in [0.1, 0.15) is 24.5 Å². The summed E-state index contributed by atoms with van der Waals surface area (Å²) in [5, 5.41) is 2.58. The number of benzene rings is 2. The Kier molecular flexibility index (Phi) is 5.49. The number of amides is 1. The number of anilines is 1. The smallest absolute Gasteiger partial charge is 0.416 e. The first kappa shape index (κ1) is 17.8. The lowest BCUT2D eigenvalue weighted by atomic mass is 10.2. The van der Waals surface area contributed by atoms with E-state index in [9.17, 15) is 18.0 Å². The maximum absolute atomic E-state index is 12.5. The van der Waals surface area contributed by atoms with Crippen molar-refractivity contribution in [1.29, 1.82) is 0 Å². The topological polar surface area (TPSA) is 38.3 Å². The van der Waals surface area contributed by atoms with Crippen molar-refractivity contribution in [2.45, 2.75) is 32.5 Å². The normalized spacial score (nSPS) is 12.5. The fourth-order valence-electron chi connectivity index (χ4n) is 2.14. The Morgan fingerprint density at radius 2 is 1.83 bits per heavy atom. The van der Waals surface area contributed by atoms with E-state index in [0.29, 0.717) is 17.9 Å². The van der Waals surface area contributed by atoms with Gasteiger partial charge in [-0.2, -0.15) is 13.2 Å². The van der Waals surface area contributed by atoms with Crippen LogP contribution < -0.4 is 10.1 Å². The Hall–Kier alpha value is -2.50. The Labute approximate surface area is 138 Å². The Bertz CT molecular complexity index is 696. The zero-order valence-electron chi connectivity index (χ0n) is 13.4. The summed E-state index contributed by atoms with van der Waals surface area (Å²) in [5.41, 5.74) is 0.536. The number of halogens is 3. The van der Waals surface area contributed by atoms with Crippen LogP contribution in [0.15, 0.2) is 48.5 Å². The van der Waals surface area contributed by atoms with Crippen LogP contribution in [0.5, 0.6) is 5.75 Å². The molecule has 0 aliphatic carbocycles. The molecular weight excluding hydrogens is 319 g/mol. The number of hydrogen-bond acceptors (Lipinski definition) is 2. The predicted octanol–water partition coefficient (Wildman–Crippen LogP) is 4.81. The van der Waals surface area contributed by atoms with E-state index in [1.54, 1.807) is 13.0 Å². The molecule has 1 atom stereocenters. The minimum atomic E-state index is -4.40. The summed E-state index contributed by atoms with van der Waals surface area (Å²) in [6, 6.07) is 11.6. The number of hydrogen-bond donors (Lipinski definition) is 1. The Balaban J connectivity index is 2.04. The lowest BCUT2D eigenvalue weighted by Gasteiger charge is -2.18. The van der Waals surface area contributed by atoms with Crippen LogP contribution in [0.25, 0.3) is 0 Å². The fraction of sp³-hybridized carbons (Fsp3) is 0.278. The van der Waals surface area contributed by atoms with E-state index < -0.39 is 23.8 Å². The van der Waals surface area contributed by atoms with E-state index in [1.807, 2.05) is 25.1 Å². The molecule has 0 saturated carbocycles. The molecule has 24 heavy (non-hydrogen) atoms. The number of nitrogens with one attached hydrogen (secondary N) is 1. The molecule has 1 N–H and O–H groups in total. The third kappa shape index (κ3) is 4.75. The van der Waals surface area contributed by atoms with Crippen LogP contribution in [0.2, 0.25) is 0 Å². The molecule has 0 saturated heterocycles. The minimum absolute atomic E-state index is 0.291. The zero-order chi connectivity index (χ0) is 17.7. The highest BCUT2D eigenvalue weighted by Crippen LogP contribution is 2.29. The van der Waals surface area contributed by atoms with Crippen LogP contribution >= 0.6 is 0 Å². The monoisotopic (exact) mass is 337 g/mol. The second kappa shape index (κ2) is 7.38. The van der Waals surface area contributed by atoms with E-state index in [4.69, 9.17) is 4.74 Å². The predicted molar refractivity (Wildman–Crippen MR) is 86.0 cm³/mol. The molecular formula is C18H18F3NO2. The van der Waals surface area contributed by atoms with Gasteiger partial charge in [-0.05, 0) is 55.3 Å². The zero-order valence-corrected chi connectivity index (χ0v) is 13.4. The summed E-state index contributed by atoms with van der Waals surface area (Å²) < 4.78 is 43.3. The van der Waals surface area contributed by atoms with Gasteiger partial charge in [-0.15, -0.1) is 0 Å². The fourth-order valence-corrected chi connectivity index (χ4v) is 2.14. The number of alkyl halides is 3. The maximum Gasteiger partial charge on any atom is 0.416 e. The molecule has 1 amide bonds. The van der Waals surface area contributed by atoms with Crippen LogP contribution in [-0.4, -0.2) is 12.0 Å². The van der Waals surface area contributed by atoms with Gasteiger partial charge >= 0.3 is 6.18 Å². The second-order valence-corrected chi connectivity index (χ2v) is 5.40. The van der Waals surface area contributed by atoms with Gasteiger partial charge in [0.15, 0.2) is 6.10 Å². The SMILES string of the molecule is CCC(Oc1cccc(C)c1)C(=O)Nc1ccc(C(F)(F)F)cc1. The molecule has 1 unspecified atom stereocenters. The Morgan fingerprint density at radius 3 is 2.38 bits per heavy atom. The molecule has 128 valence electrons. The molecule has 2 aromatic carbocycles. The highest BCUT2D eigenvalue weighted by molar-refractivity contribution is 5.94. The van der Waals surface area contributed by atoms with Crippen LogP contribution in [0.3, 0.4) is 0 Å². The minimum Gasteiger partial charge on any atom is -0.481 e. The van der Waals surface area contributed by atoms with E-state index in [2.05, 4.69) is 5.32 Å². The van der Waals surface area contributed by atoms with E-state index in [-0.39, 0.29) is 0 Å². The summed E-state index contributed by atoms with van der Waals surface area (Å²) in [5.74, 6) is 0.170. The molecule has 0 fully saturated rings. The first-order valence-electron chi connectivity index (χ1n) is 7.51. The lowest BCUT2D eigenvalue weighted by Crippen LogP contribution is -2.32. The van der Waals surface area contributed by atoms with Crippen molar-refractivity contribution < 1.29 is 22.7 Å². The molecule has 0 aliphatic heterocycles. The number of carbonyl (C=O) groups is 1. The van der Waals surface area contributed by atoms with Gasteiger partial charge in [0.05, 0.1) is 5.56 Å². The molecule has 0 radical (unpaired) electrons. The maximum atomic E-state index is 12.5. The number of ether oxygens (including phenoxy) is 1. The van der Waals surface area contributed by atoms with Crippen molar-refractivity contribution in [2.75, 3.05) is 5.32 Å². The van der Waals surface area contributed by atoms with E-state index in [0.717, 1.165) is 17.7 Å². The van der Waals surface area contributed by atoms with Gasteiger partial charge in [0.2, 0.25) is 0 Å². The van der Waals surface area contributed by atoms with Crippen molar-refractivity contribution in [3.05, 3.63) is 59.7 Å². The second-order valence-electron chi connectivity index (χ2n) is 5.40. The first-order chi connectivity index (χ1) is 11.3. The summed E-state index contributed by atoms with van der Waals surface area (Å²) in [6.07, 6.45) is -4.70. The summed E-state index contributed by atoms with van der Waals surface area (Å²) >= 11 is 0. The average molecular weight is 337 g/mol. The van der Waals surface area contributed by atoms with Crippen molar-refractivity contribution >= 4 is 11.6 Å². The molecule has 6 heteroatoms. The largest absolute Gasteiger partial charge is 0.481 e. The molecule has 2 aromatic rings. The Morgan fingerprint density at radius 1 is 1.17 bits per heavy atom. The summed E-state index contributed by atoms with van der Waals surface area (Å²) in [4.78, 5) is 12.3. The highest BCUT2D eigenvalue weighted by Gasteiger charge is 2.30. The van der Waals surface area contributed by atoms with Crippen molar-refractivity contribution in [1.82, 2.24) is 0 Å². The van der Waals surface area contributed by atoms with Gasteiger partial charge in [0.25, 0.3) is 5.91 Å². The highest BCUT2D eigenvalue weighted by atomic mass is 19.4. The molecule has 0 spiro atoms. The van der Waals surface area contributed by atoms with Crippen molar-refractivity contribution in [3.8, 4) is 5.75 Å². The van der Waals surface area contributed by atoms with Crippen molar-refractivity contribution in [3.63, 3.8) is 0 Å². The lowest BCUT2D eigenvalue weighted by molar-refractivity contribution is -0.137. The number of rotatable bonds is 5. The average Bonchev–Trinajstić information content (AvgIpc) is 2.52. The van der Waals surface area contributed by atoms with Gasteiger partial charge in [-0.25, -0.2) is 0 Å². The van der Waals surface area contributed by atoms with Crippen LogP contribution in [0.4, 0.5) is 18.9 Å². The summed E-state index contributed by atoms with van der Waals surface area (Å²) in [7, 11) is 0. The van der Waals surface area contributed by atoms with E-state index in [1.165, 1.54) is 12.1 Å². The van der Waals surface area contributed by atoms with Gasteiger partial charge in [-0.3, -0.25) is 4.79 Å². The standard InChI is InChI=1S/C18H18F3NO2/c1-3-16(24-15-6-4-5-12(2)11-15)17(23)22-14-9-7-13(8-10-14)18(19,20)21/h4-11,16H,3H2,1-2H3,(H,22,23). The summed E-state index contributed by atoms with van der Waals surface area (Å²) in [6.45, 7) is 3.71. The molecule has 3 nitrogen and oxygen atoms in total. The van der Waals surface area contributed by atoms with Gasteiger partial charge in [0, 0.05) is 5.69 Å².